The number of carbonyl (C=O) groups is 1. The van der Waals surface area contributed by atoms with Crippen molar-refractivity contribution in [3.8, 4) is 0 Å². The van der Waals surface area contributed by atoms with Crippen LogP contribution in [0.1, 0.15) is 18.1 Å². The quantitative estimate of drug-likeness (QED) is 0.689. The van der Waals surface area contributed by atoms with E-state index in [1.807, 2.05) is 36.5 Å². The third-order valence-electron chi connectivity index (χ3n) is 2.67. The van der Waals surface area contributed by atoms with Crippen molar-refractivity contribution in [2.75, 3.05) is 0 Å². The van der Waals surface area contributed by atoms with Crippen molar-refractivity contribution >= 4 is 5.91 Å². The van der Waals surface area contributed by atoms with Crippen molar-refractivity contribution in [3.63, 3.8) is 0 Å². The van der Waals surface area contributed by atoms with Crippen LogP contribution in [0.4, 0.5) is 0 Å². The highest BCUT2D eigenvalue weighted by atomic mass is 35.5. The molecule has 0 unspecified atom stereocenters. The minimum atomic E-state index is -0.00605. The molecule has 19 heavy (non-hydrogen) atoms. The molecule has 2 rings (SSSR count). The van der Waals surface area contributed by atoms with Crippen LogP contribution in [0.25, 0.3) is 0 Å². The van der Waals surface area contributed by atoms with Crippen molar-refractivity contribution < 1.29 is 21.8 Å². The molecule has 1 N–H and O–H groups in total. The van der Waals surface area contributed by atoms with Crippen LogP contribution in [0.3, 0.4) is 0 Å². The van der Waals surface area contributed by atoms with E-state index in [1.165, 1.54) is 12.5 Å². The minimum Gasteiger partial charge on any atom is -1.00 e. The van der Waals surface area contributed by atoms with Gasteiger partial charge in [0.2, 0.25) is 5.91 Å². The number of hydrogen-bond donors (Lipinski definition) is 1. The summed E-state index contributed by atoms with van der Waals surface area (Å²) < 4.78 is 2.12. The van der Waals surface area contributed by atoms with E-state index in [0.717, 1.165) is 12.1 Å². The maximum atomic E-state index is 10.9. The van der Waals surface area contributed by atoms with E-state index in [2.05, 4.69) is 28.2 Å². The first kappa shape index (κ1) is 15.2. The molecular weight excluding hydrogens is 260 g/mol. The highest BCUT2D eigenvalue weighted by Gasteiger charge is 2.04. The van der Waals surface area contributed by atoms with Gasteiger partial charge >= 0.3 is 0 Å². The van der Waals surface area contributed by atoms with Crippen molar-refractivity contribution in [1.82, 2.24) is 5.32 Å². The second-order valence-corrected chi connectivity index (χ2v) is 4.28. The van der Waals surface area contributed by atoms with Crippen molar-refractivity contribution in [2.45, 2.75) is 20.0 Å². The Morgan fingerprint density at radius 3 is 2.47 bits per heavy atom. The third-order valence-corrected chi connectivity index (χ3v) is 2.67. The molecule has 0 saturated carbocycles. The van der Waals surface area contributed by atoms with Gasteiger partial charge in [-0.05, 0) is 6.07 Å². The summed E-state index contributed by atoms with van der Waals surface area (Å²) in [6.45, 7) is 2.95. The van der Waals surface area contributed by atoms with Gasteiger partial charge < -0.3 is 17.7 Å². The van der Waals surface area contributed by atoms with Crippen molar-refractivity contribution in [3.05, 3.63) is 66.0 Å². The highest BCUT2D eigenvalue weighted by Crippen LogP contribution is 1.99. The Balaban J connectivity index is 0.00000180. The number of hydrogen-bond acceptors (Lipinski definition) is 1. The summed E-state index contributed by atoms with van der Waals surface area (Å²) in [6, 6.07) is 14.3. The number of benzene rings is 1. The van der Waals surface area contributed by atoms with Crippen LogP contribution >= 0.6 is 0 Å². The lowest BCUT2D eigenvalue weighted by Gasteiger charge is -2.02. The fourth-order valence-corrected chi connectivity index (χ4v) is 1.80. The van der Waals surface area contributed by atoms with E-state index in [9.17, 15) is 4.79 Å². The largest absolute Gasteiger partial charge is 1.00 e. The Labute approximate surface area is 119 Å². The molecule has 100 valence electrons. The first-order chi connectivity index (χ1) is 8.74. The molecule has 1 heterocycles. The van der Waals surface area contributed by atoms with Crippen molar-refractivity contribution in [1.29, 1.82) is 0 Å². The Kier molecular flexibility index (Phi) is 6.03. The molecule has 0 fully saturated rings. The standard InChI is InChI=1S/C15H16N2O.ClH/c1-13(18)16-10-15-8-5-9-17(12-15)11-14-6-3-2-4-7-14;/h2-9,12H,10-11H2,1H3;1H. The van der Waals surface area contributed by atoms with Crippen LogP contribution in [0.5, 0.6) is 0 Å². The maximum absolute atomic E-state index is 10.9. The van der Waals surface area contributed by atoms with Gasteiger partial charge in [-0.2, -0.15) is 0 Å². The molecule has 3 nitrogen and oxygen atoms in total. The minimum absolute atomic E-state index is 0. The number of halogens is 1. The number of nitrogens with one attached hydrogen (secondary N) is 1. The topological polar surface area (TPSA) is 33.0 Å². The highest BCUT2D eigenvalue weighted by molar-refractivity contribution is 5.72. The molecule has 0 saturated heterocycles. The maximum Gasteiger partial charge on any atom is 0.217 e. The lowest BCUT2D eigenvalue weighted by Crippen LogP contribution is -3.00. The van der Waals surface area contributed by atoms with Crippen LogP contribution in [0.15, 0.2) is 54.9 Å². The van der Waals surface area contributed by atoms with Crippen LogP contribution in [0.2, 0.25) is 0 Å². The van der Waals surface area contributed by atoms with Crippen LogP contribution in [-0.4, -0.2) is 5.91 Å². The average molecular weight is 277 g/mol. The summed E-state index contributed by atoms with van der Waals surface area (Å²) in [5.74, 6) is -0.00605. The zero-order chi connectivity index (χ0) is 12.8. The zero-order valence-electron chi connectivity index (χ0n) is 10.8. The molecule has 2 aromatic rings. The molecule has 0 aliphatic heterocycles. The summed E-state index contributed by atoms with van der Waals surface area (Å²) in [4.78, 5) is 10.9. The predicted molar refractivity (Wildman–Crippen MR) is 69.7 cm³/mol. The van der Waals surface area contributed by atoms with Gasteiger partial charge in [0.25, 0.3) is 0 Å². The Morgan fingerprint density at radius 1 is 1.11 bits per heavy atom. The normalized spacial score (nSPS) is 9.53. The van der Waals surface area contributed by atoms with E-state index in [1.54, 1.807) is 0 Å². The van der Waals surface area contributed by atoms with Gasteiger partial charge in [-0.15, -0.1) is 0 Å². The molecule has 1 aromatic heterocycles. The summed E-state index contributed by atoms with van der Waals surface area (Å²) in [6.07, 6.45) is 4.09. The average Bonchev–Trinajstić information content (AvgIpc) is 2.38. The monoisotopic (exact) mass is 276 g/mol. The summed E-state index contributed by atoms with van der Waals surface area (Å²) >= 11 is 0. The van der Waals surface area contributed by atoms with Crippen LogP contribution in [0, 0.1) is 0 Å². The number of aromatic nitrogens is 1. The molecule has 4 heteroatoms. The third kappa shape index (κ3) is 5.10. The molecule has 0 atom stereocenters. The van der Waals surface area contributed by atoms with Gasteiger partial charge in [-0.25, -0.2) is 4.57 Å². The summed E-state index contributed by atoms with van der Waals surface area (Å²) in [7, 11) is 0. The van der Waals surface area contributed by atoms with E-state index in [0.29, 0.717) is 6.54 Å². The molecule has 0 bridgehead atoms. The molecule has 0 radical (unpaired) electrons. The number of nitrogens with zero attached hydrogens (tertiary/aromatic N) is 1. The van der Waals surface area contributed by atoms with Gasteiger partial charge in [-0.3, -0.25) is 4.79 Å². The smallest absolute Gasteiger partial charge is 0.217 e. The molecule has 0 aliphatic rings. The SMILES string of the molecule is CC(=O)NCc1ccc[n+](Cc2ccccc2)c1.[Cl-]. The van der Waals surface area contributed by atoms with Gasteiger partial charge in [-0.1, -0.05) is 30.3 Å². The van der Waals surface area contributed by atoms with Gasteiger partial charge in [0, 0.05) is 30.7 Å². The van der Waals surface area contributed by atoms with E-state index >= 15 is 0 Å². The summed E-state index contributed by atoms with van der Waals surface area (Å²) in [5.41, 5.74) is 2.36. The fourth-order valence-electron chi connectivity index (χ4n) is 1.80. The first-order valence-electron chi connectivity index (χ1n) is 6.00. The van der Waals surface area contributed by atoms with Crippen LogP contribution < -0.4 is 22.3 Å². The van der Waals surface area contributed by atoms with E-state index in [4.69, 9.17) is 0 Å². The molecule has 0 aliphatic carbocycles. The van der Waals surface area contributed by atoms with Gasteiger partial charge in [0.15, 0.2) is 18.9 Å². The molecular formula is C15H17ClN2O. The van der Waals surface area contributed by atoms with E-state index < -0.39 is 0 Å². The summed E-state index contributed by atoms with van der Waals surface area (Å²) in [5, 5.41) is 2.80. The fraction of sp³-hybridized carbons (Fsp3) is 0.200. The Bertz CT molecular complexity index is 529. The first-order valence-corrected chi connectivity index (χ1v) is 6.00. The number of pyridine rings is 1. The second kappa shape index (κ2) is 7.54. The lowest BCUT2D eigenvalue weighted by molar-refractivity contribution is -0.688. The Morgan fingerprint density at radius 2 is 1.79 bits per heavy atom. The number of carbonyl (C=O) groups excluding carboxylic acids is 1. The van der Waals surface area contributed by atoms with E-state index in [-0.39, 0.29) is 18.3 Å². The lowest BCUT2D eigenvalue weighted by atomic mass is 10.2. The van der Waals surface area contributed by atoms with Crippen molar-refractivity contribution in [2.24, 2.45) is 0 Å². The Hall–Kier alpha value is -1.87. The van der Waals surface area contributed by atoms with Gasteiger partial charge in [0.05, 0.1) is 0 Å². The number of rotatable bonds is 4. The number of amides is 1. The van der Waals surface area contributed by atoms with Crippen LogP contribution in [-0.2, 0) is 17.9 Å². The zero-order valence-corrected chi connectivity index (χ0v) is 11.6. The second-order valence-electron chi connectivity index (χ2n) is 4.28. The molecule has 0 spiro atoms. The molecule has 1 amide bonds. The molecule has 1 aromatic carbocycles. The predicted octanol–water partition coefficient (Wildman–Crippen LogP) is -1.34. The van der Waals surface area contributed by atoms with Gasteiger partial charge in [0.1, 0.15) is 0 Å².